The quantitative estimate of drug-likeness (QED) is 0.462. The molecule has 2 rings (SSSR count). The average molecular weight is 278 g/mol. The van der Waals surface area contributed by atoms with Crippen molar-refractivity contribution >= 4 is 18.1 Å². The summed E-state index contributed by atoms with van der Waals surface area (Å²) >= 11 is 0. The van der Waals surface area contributed by atoms with Crippen molar-refractivity contribution in [3.05, 3.63) is 35.1 Å². The second-order valence-corrected chi connectivity index (χ2v) is 4.73. The number of amides is 2. The first-order valence-electron chi connectivity index (χ1n) is 6.32. The molecule has 106 valence electrons. The summed E-state index contributed by atoms with van der Waals surface area (Å²) in [6, 6.07) is 3.86. The molecule has 0 radical (unpaired) electrons. The number of benzene rings is 1. The molecule has 6 heteroatoms. The monoisotopic (exact) mass is 278 g/mol. The molecule has 1 fully saturated rings. The van der Waals surface area contributed by atoms with E-state index in [1.165, 1.54) is 23.1 Å². The van der Waals surface area contributed by atoms with Gasteiger partial charge in [-0.2, -0.15) is 0 Å². The molecule has 1 heterocycles. The highest BCUT2D eigenvalue weighted by Crippen LogP contribution is 2.12. The minimum Gasteiger partial charge on any atom is -0.342 e. The molecular formula is C14H15FN2O3. The Balaban J connectivity index is 2.07. The van der Waals surface area contributed by atoms with Gasteiger partial charge in [0.2, 0.25) is 12.2 Å². The zero-order chi connectivity index (χ0) is 14.7. The molecule has 0 bridgehead atoms. The van der Waals surface area contributed by atoms with E-state index in [1.54, 1.807) is 11.8 Å². The second kappa shape index (κ2) is 5.81. The Bertz CT molecular complexity index is 551. The van der Waals surface area contributed by atoms with Crippen LogP contribution < -0.4 is 0 Å². The van der Waals surface area contributed by atoms with Crippen LogP contribution in [0.15, 0.2) is 18.2 Å². The lowest BCUT2D eigenvalue weighted by Crippen LogP contribution is -2.50. The highest BCUT2D eigenvalue weighted by atomic mass is 19.1. The Morgan fingerprint density at radius 1 is 1.20 bits per heavy atom. The number of rotatable bonds is 3. The minimum absolute atomic E-state index is 0.187. The van der Waals surface area contributed by atoms with E-state index in [0.29, 0.717) is 31.7 Å². The Morgan fingerprint density at radius 2 is 1.85 bits per heavy atom. The van der Waals surface area contributed by atoms with Crippen molar-refractivity contribution in [1.82, 2.24) is 9.80 Å². The molecule has 0 N–H and O–H groups in total. The van der Waals surface area contributed by atoms with Crippen LogP contribution in [-0.2, 0) is 9.59 Å². The summed E-state index contributed by atoms with van der Waals surface area (Å²) in [5, 5.41) is 0. The maximum atomic E-state index is 13.2. The number of halogens is 1. The molecule has 0 spiro atoms. The molecule has 0 atom stereocenters. The van der Waals surface area contributed by atoms with E-state index in [1.807, 2.05) is 0 Å². The number of hydrogen-bond acceptors (Lipinski definition) is 3. The van der Waals surface area contributed by atoms with Gasteiger partial charge in [-0.1, -0.05) is 0 Å². The van der Waals surface area contributed by atoms with Crippen LogP contribution in [-0.4, -0.2) is 54.1 Å². The molecule has 20 heavy (non-hydrogen) atoms. The van der Waals surface area contributed by atoms with Gasteiger partial charge >= 0.3 is 0 Å². The molecule has 2 amide bonds. The normalized spacial score (nSPS) is 15.1. The van der Waals surface area contributed by atoms with Gasteiger partial charge in [-0.15, -0.1) is 0 Å². The highest BCUT2D eigenvalue weighted by molar-refractivity contribution is 6.42. The van der Waals surface area contributed by atoms with Gasteiger partial charge in [0.05, 0.1) is 0 Å². The summed E-state index contributed by atoms with van der Waals surface area (Å²) in [6.07, 6.45) is 0.729. The second-order valence-electron chi connectivity index (χ2n) is 4.73. The Morgan fingerprint density at radius 3 is 2.40 bits per heavy atom. The smallest absolute Gasteiger partial charge is 0.295 e. The van der Waals surface area contributed by atoms with Gasteiger partial charge in [0.25, 0.3) is 5.91 Å². The third-order valence-electron chi connectivity index (χ3n) is 3.36. The lowest BCUT2D eigenvalue weighted by atomic mass is 10.1. The van der Waals surface area contributed by atoms with Gasteiger partial charge in [-0.05, 0) is 30.7 Å². The van der Waals surface area contributed by atoms with Crippen LogP contribution in [0.2, 0.25) is 0 Å². The van der Waals surface area contributed by atoms with E-state index in [4.69, 9.17) is 0 Å². The van der Waals surface area contributed by atoms with Crippen LogP contribution in [0.3, 0.4) is 0 Å². The maximum Gasteiger partial charge on any atom is 0.295 e. The summed E-state index contributed by atoms with van der Waals surface area (Å²) in [6.45, 7) is 3.06. The molecular weight excluding hydrogens is 263 g/mol. The van der Waals surface area contributed by atoms with Crippen molar-refractivity contribution in [2.45, 2.75) is 6.92 Å². The lowest BCUT2D eigenvalue weighted by Gasteiger charge is -2.32. The number of ketones is 1. The molecule has 0 unspecified atom stereocenters. The van der Waals surface area contributed by atoms with E-state index in [0.717, 1.165) is 6.41 Å². The SMILES string of the molecule is Cc1cc(C(=O)C(=O)N2CCN(C=O)CC2)ccc1F. The van der Waals surface area contributed by atoms with Crippen molar-refractivity contribution in [2.24, 2.45) is 0 Å². The van der Waals surface area contributed by atoms with E-state index < -0.39 is 17.5 Å². The fourth-order valence-electron chi connectivity index (χ4n) is 2.08. The van der Waals surface area contributed by atoms with E-state index >= 15 is 0 Å². The molecule has 0 aromatic heterocycles. The number of carbonyl (C=O) groups is 3. The van der Waals surface area contributed by atoms with Gasteiger partial charge in [0, 0.05) is 31.7 Å². The summed E-state index contributed by atoms with van der Waals surface area (Å²) in [5.41, 5.74) is 0.515. The van der Waals surface area contributed by atoms with Gasteiger partial charge < -0.3 is 9.80 Å². The van der Waals surface area contributed by atoms with Crippen LogP contribution in [0.1, 0.15) is 15.9 Å². The highest BCUT2D eigenvalue weighted by Gasteiger charge is 2.26. The number of hydrogen-bond donors (Lipinski definition) is 0. The summed E-state index contributed by atoms with van der Waals surface area (Å²) in [4.78, 5) is 37.7. The Hall–Kier alpha value is -2.24. The maximum absolute atomic E-state index is 13.2. The van der Waals surface area contributed by atoms with E-state index in [2.05, 4.69) is 0 Å². The molecule has 1 aliphatic rings. The molecule has 0 aliphatic carbocycles. The van der Waals surface area contributed by atoms with Crippen molar-refractivity contribution in [1.29, 1.82) is 0 Å². The van der Waals surface area contributed by atoms with Crippen LogP contribution >= 0.6 is 0 Å². The summed E-state index contributed by atoms with van der Waals surface area (Å²) in [7, 11) is 0. The molecule has 1 saturated heterocycles. The standard InChI is InChI=1S/C14H15FN2O3/c1-10-8-11(2-3-12(10)15)13(19)14(20)17-6-4-16(9-18)5-7-17/h2-3,8-9H,4-7H2,1H3. The fraction of sp³-hybridized carbons (Fsp3) is 0.357. The van der Waals surface area contributed by atoms with Crippen molar-refractivity contribution in [3.63, 3.8) is 0 Å². The van der Waals surface area contributed by atoms with Crippen LogP contribution in [0.4, 0.5) is 4.39 Å². The molecule has 5 nitrogen and oxygen atoms in total. The van der Waals surface area contributed by atoms with Gasteiger partial charge in [0.1, 0.15) is 5.82 Å². The van der Waals surface area contributed by atoms with Gasteiger partial charge in [-0.25, -0.2) is 4.39 Å². The number of nitrogens with zero attached hydrogens (tertiary/aromatic N) is 2. The van der Waals surface area contributed by atoms with Gasteiger partial charge in [0.15, 0.2) is 0 Å². The number of Topliss-reactive ketones (excluding diaryl/α,β-unsaturated/α-hetero) is 1. The zero-order valence-electron chi connectivity index (χ0n) is 11.1. The predicted molar refractivity (Wildman–Crippen MR) is 69.7 cm³/mol. The van der Waals surface area contributed by atoms with Crippen LogP contribution in [0, 0.1) is 12.7 Å². The van der Waals surface area contributed by atoms with Crippen LogP contribution in [0.5, 0.6) is 0 Å². The Kier molecular flexibility index (Phi) is 4.12. The molecule has 0 saturated carbocycles. The number of aryl methyl sites for hydroxylation is 1. The minimum atomic E-state index is -0.646. The van der Waals surface area contributed by atoms with Gasteiger partial charge in [-0.3, -0.25) is 14.4 Å². The number of carbonyl (C=O) groups excluding carboxylic acids is 3. The lowest BCUT2D eigenvalue weighted by molar-refractivity contribution is -0.131. The van der Waals surface area contributed by atoms with Crippen molar-refractivity contribution in [3.8, 4) is 0 Å². The van der Waals surface area contributed by atoms with Crippen molar-refractivity contribution in [2.75, 3.05) is 26.2 Å². The average Bonchev–Trinajstić information content (AvgIpc) is 2.48. The largest absolute Gasteiger partial charge is 0.342 e. The first-order chi connectivity index (χ1) is 9.52. The van der Waals surface area contributed by atoms with Crippen LogP contribution in [0.25, 0.3) is 0 Å². The zero-order valence-corrected chi connectivity index (χ0v) is 11.1. The topological polar surface area (TPSA) is 57.7 Å². The first-order valence-corrected chi connectivity index (χ1v) is 6.32. The predicted octanol–water partition coefficient (Wildman–Crippen LogP) is 0.617. The number of piperazine rings is 1. The van der Waals surface area contributed by atoms with Crippen molar-refractivity contribution < 1.29 is 18.8 Å². The van der Waals surface area contributed by atoms with E-state index in [9.17, 15) is 18.8 Å². The summed E-state index contributed by atoms with van der Waals surface area (Å²) in [5.74, 6) is -1.66. The van der Waals surface area contributed by atoms with E-state index in [-0.39, 0.29) is 5.56 Å². The Labute approximate surface area is 116 Å². The summed E-state index contributed by atoms with van der Waals surface area (Å²) < 4.78 is 13.2. The molecule has 1 aromatic rings. The fourth-order valence-corrected chi connectivity index (χ4v) is 2.08. The molecule has 1 aliphatic heterocycles. The first kappa shape index (κ1) is 14.2. The molecule has 1 aromatic carbocycles. The third-order valence-corrected chi connectivity index (χ3v) is 3.36. The third kappa shape index (κ3) is 2.84.